The topological polar surface area (TPSA) is 138 Å². The first-order valence-corrected chi connectivity index (χ1v) is 17.9. The molecule has 1 aliphatic rings. The summed E-state index contributed by atoms with van der Waals surface area (Å²) < 4.78 is 53.8. The van der Waals surface area contributed by atoms with E-state index in [-0.39, 0.29) is 41.5 Å². The van der Waals surface area contributed by atoms with Crippen LogP contribution in [0.25, 0.3) is 0 Å². The first-order valence-electron chi connectivity index (χ1n) is 15.6. The molecule has 1 aliphatic heterocycles. The summed E-state index contributed by atoms with van der Waals surface area (Å²) in [4.78, 5) is 28.6. The molecule has 1 aromatic heterocycles. The Morgan fingerprint density at radius 1 is 1.13 bits per heavy atom. The highest BCUT2D eigenvalue weighted by molar-refractivity contribution is 7.91. The number of ether oxygens (including phenoxy) is 2. The number of hydrogen-bond donors (Lipinski definition) is 3. The van der Waals surface area contributed by atoms with Crippen molar-refractivity contribution < 1.29 is 37.0 Å². The minimum Gasteiger partial charge on any atom is -0.490 e. The average Bonchev–Trinajstić information content (AvgIpc) is 3.60. The van der Waals surface area contributed by atoms with Crippen molar-refractivity contribution in [1.29, 1.82) is 0 Å². The first kappa shape index (κ1) is 36.3. The van der Waals surface area contributed by atoms with E-state index in [1.807, 2.05) is 13.8 Å². The molecule has 11 nitrogen and oxygen atoms in total. The zero-order valence-corrected chi connectivity index (χ0v) is 28.7. The van der Waals surface area contributed by atoms with E-state index in [1.54, 1.807) is 36.6 Å². The third-order valence-electron chi connectivity index (χ3n) is 8.01. The smallest absolute Gasteiger partial charge is 0.323 e. The summed E-state index contributed by atoms with van der Waals surface area (Å²) in [6, 6.07) is 12.2. The van der Waals surface area contributed by atoms with Gasteiger partial charge in [-0.05, 0) is 87.0 Å². The van der Waals surface area contributed by atoms with Gasteiger partial charge in [-0.3, -0.25) is 4.79 Å². The quantitative estimate of drug-likeness (QED) is 0.278. The lowest BCUT2D eigenvalue weighted by molar-refractivity contribution is -0.00832. The molecule has 3 N–H and O–H groups in total. The fourth-order valence-electron chi connectivity index (χ4n) is 5.20. The van der Waals surface area contributed by atoms with Gasteiger partial charge in [-0.15, -0.1) is 11.3 Å². The maximum absolute atomic E-state index is 14.3. The van der Waals surface area contributed by atoms with Crippen LogP contribution >= 0.6 is 11.3 Å². The number of rotatable bonds is 8. The highest BCUT2D eigenvalue weighted by atomic mass is 32.2. The molecule has 47 heavy (non-hydrogen) atoms. The number of halogens is 1. The van der Waals surface area contributed by atoms with Gasteiger partial charge in [-0.25, -0.2) is 17.6 Å². The van der Waals surface area contributed by atoms with E-state index in [0.717, 1.165) is 24.2 Å². The zero-order chi connectivity index (χ0) is 34.1. The number of urea groups is 1. The van der Waals surface area contributed by atoms with Crippen LogP contribution in [0.2, 0.25) is 0 Å². The number of benzene rings is 2. The van der Waals surface area contributed by atoms with Gasteiger partial charge in [0.2, 0.25) is 0 Å². The third kappa shape index (κ3) is 9.73. The van der Waals surface area contributed by atoms with Crippen LogP contribution in [-0.2, 0) is 14.8 Å². The van der Waals surface area contributed by atoms with Gasteiger partial charge < -0.3 is 30.1 Å². The predicted octanol–water partition coefficient (Wildman–Crippen LogP) is 5.65. The van der Waals surface area contributed by atoms with Gasteiger partial charge in [0.15, 0.2) is 0 Å². The van der Waals surface area contributed by atoms with Gasteiger partial charge in [0.1, 0.15) is 15.8 Å². The number of carbonyl (C=O) groups excluding carboxylic acids is 2. The first-order chi connectivity index (χ1) is 22.4. The minimum atomic E-state index is -3.73. The van der Waals surface area contributed by atoms with Crippen LogP contribution in [0.4, 0.5) is 20.6 Å². The lowest BCUT2D eigenvalue weighted by Crippen LogP contribution is -2.48. The number of hydrogen-bond acceptors (Lipinski definition) is 8. The van der Waals surface area contributed by atoms with E-state index in [2.05, 4.69) is 10.6 Å². The Balaban J connectivity index is 1.62. The molecule has 3 amide bonds. The van der Waals surface area contributed by atoms with Gasteiger partial charge in [0, 0.05) is 44.0 Å². The molecule has 2 aromatic carbocycles. The summed E-state index contributed by atoms with van der Waals surface area (Å²) in [7, 11) is -2.21. The number of nitrogens with one attached hydrogen (secondary N) is 2. The summed E-state index contributed by atoms with van der Waals surface area (Å²) in [6.07, 6.45) is 1.40. The molecule has 4 atom stereocenters. The Morgan fingerprint density at radius 2 is 1.83 bits per heavy atom. The molecule has 0 spiro atoms. The lowest BCUT2D eigenvalue weighted by Gasteiger charge is -2.35. The second-order valence-electron chi connectivity index (χ2n) is 11.8. The number of carbonyl (C=O) groups is 2. The molecule has 0 radical (unpaired) electrons. The molecule has 4 rings (SSSR count). The molecule has 0 saturated heterocycles. The lowest BCUT2D eigenvalue weighted by atomic mass is 10.0. The molecule has 14 heteroatoms. The van der Waals surface area contributed by atoms with Crippen LogP contribution in [0.3, 0.4) is 0 Å². The molecule has 0 aliphatic carbocycles. The Kier molecular flexibility index (Phi) is 12.7. The largest absolute Gasteiger partial charge is 0.490 e. The number of nitrogens with zero attached hydrogens (tertiary/aromatic N) is 2. The van der Waals surface area contributed by atoms with Crippen LogP contribution in [0.5, 0.6) is 5.75 Å². The van der Waals surface area contributed by atoms with Crippen molar-refractivity contribution in [3.05, 3.63) is 71.4 Å². The van der Waals surface area contributed by atoms with E-state index < -0.39 is 39.9 Å². The Hall–Kier alpha value is -3.56. The highest BCUT2D eigenvalue weighted by Gasteiger charge is 2.32. The number of aliphatic hydroxyl groups is 1. The van der Waals surface area contributed by atoms with Gasteiger partial charge in [-0.2, -0.15) is 4.31 Å². The third-order valence-corrected chi connectivity index (χ3v) is 11.2. The molecule has 0 unspecified atom stereocenters. The number of anilines is 2. The second-order valence-corrected chi connectivity index (χ2v) is 15.0. The van der Waals surface area contributed by atoms with Crippen LogP contribution in [-0.4, -0.2) is 86.3 Å². The van der Waals surface area contributed by atoms with Gasteiger partial charge in [-0.1, -0.05) is 13.0 Å². The highest BCUT2D eigenvalue weighted by Crippen LogP contribution is 2.29. The van der Waals surface area contributed by atoms with Crippen molar-refractivity contribution in [2.24, 2.45) is 5.92 Å². The van der Waals surface area contributed by atoms with Crippen molar-refractivity contribution in [2.75, 3.05) is 44.0 Å². The normalized spacial score (nSPS) is 20.5. The molecule has 0 fully saturated rings. The fraction of sp³-hybridized carbons (Fsp3) is 0.455. The Morgan fingerprint density at radius 3 is 2.51 bits per heavy atom. The summed E-state index contributed by atoms with van der Waals surface area (Å²) in [5, 5.41) is 17.2. The summed E-state index contributed by atoms with van der Waals surface area (Å²) >= 11 is 1.14. The number of sulfonamides is 1. The number of likely N-dealkylation sites (N-methyl/N-ethyl adjacent to an activating group) is 1. The Bertz CT molecular complexity index is 1590. The standard InChI is InChI=1S/C33H43FN4O7S2/c1-22-19-38(23(2)21-39)32(40)28-18-27(36-33(41)35-26-12-10-25(34)11-13-26)14-15-29(28)45-24(3)8-5-6-16-44-30(22)20-37(4)47(42,43)31-9-7-17-46-31/h7,9-15,17-18,22-24,30,39H,5-6,8,16,19-21H2,1-4H3,(H2,35,36,41)/t22-,23-,24+,30+/m0/s1. The monoisotopic (exact) mass is 690 g/mol. The SMILES string of the molecule is C[C@@H]1CCCCO[C@H](CN(C)S(=O)(=O)c2cccs2)[C@@H](C)CN([C@@H](C)CO)C(=O)c2cc(NC(=O)Nc3ccc(F)cc3)ccc2O1. The van der Waals surface area contributed by atoms with Crippen molar-refractivity contribution >= 4 is 44.7 Å². The average molecular weight is 691 g/mol. The van der Waals surface area contributed by atoms with Crippen LogP contribution in [0.1, 0.15) is 50.4 Å². The van der Waals surface area contributed by atoms with Crippen LogP contribution < -0.4 is 15.4 Å². The molecule has 0 bridgehead atoms. The van der Waals surface area contributed by atoms with E-state index >= 15 is 0 Å². The number of amides is 3. The Labute approximate surface area is 279 Å². The fourth-order valence-corrected chi connectivity index (χ4v) is 7.59. The van der Waals surface area contributed by atoms with Crippen molar-refractivity contribution in [1.82, 2.24) is 9.21 Å². The van der Waals surface area contributed by atoms with Gasteiger partial charge in [0.05, 0.1) is 30.4 Å². The number of fused-ring (bicyclic) bond motifs is 1. The van der Waals surface area contributed by atoms with Gasteiger partial charge >= 0.3 is 6.03 Å². The van der Waals surface area contributed by atoms with Gasteiger partial charge in [0.25, 0.3) is 15.9 Å². The van der Waals surface area contributed by atoms with E-state index in [1.165, 1.54) is 46.6 Å². The van der Waals surface area contributed by atoms with E-state index in [0.29, 0.717) is 30.2 Å². The zero-order valence-electron chi connectivity index (χ0n) is 27.0. The molecule has 256 valence electrons. The molecule has 0 saturated carbocycles. The van der Waals surface area contributed by atoms with Crippen LogP contribution in [0.15, 0.2) is 64.2 Å². The van der Waals surface area contributed by atoms with Crippen molar-refractivity contribution in [3.8, 4) is 5.75 Å². The second kappa shape index (κ2) is 16.5. The maximum atomic E-state index is 14.3. The minimum absolute atomic E-state index is 0.0737. The molecular formula is C33H43FN4O7S2. The molecule has 2 heterocycles. The van der Waals surface area contributed by atoms with Crippen LogP contribution in [0, 0.1) is 11.7 Å². The number of aliphatic hydroxyl groups excluding tert-OH is 1. The molecule has 3 aromatic rings. The van der Waals surface area contributed by atoms with E-state index in [9.17, 15) is 27.5 Å². The summed E-state index contributed by atoms with van der Waals surface area (Å²) in [5.41, 5.74) is 0.897. The number of thiophene rings is 1. The molecular weight excluding hydrogens is 648 g/mol. The summed E-state index contributed by atoms with van der Waals surface area (Å²) in [5.74, 6) is -0.859. The predicted molar refractivity (Wildman–Crippen MR) is 180 cm³/mol. The van der Waals surface area contributed by atoms with Crippen molar-refractivity contribution in [2.45, 2.75) is 62.5 Å². The maximum Gasteiger partial charge on any atom is 0.323 e. The van der Waals surface area contributed by atoms with Crippen molar-refractivity contribution in [3.63, 3.8) is 0 Å². The van der Waals surface area contributed by atoms with E-state index in [4.69, 9.17) is 9.47 Å². The summed E-state index contributed by atoms with van der Waals surface area (Å²) in [6.45, 7) is 5.83.